The van der Waals surface area contributed by atoms with Crippen molar-refractivity contribution in [2.45, 2.75) is 13.8 Å². The second-order valence-corrected chi connectivity index (χ2v) is 3.44. The van der Waals surface area contributed by atoms with Gasteiger partial charge in [-0.2, -0.15) is 5.10 Å². The van der Waals surface area contributed by atoms with Crippen LogP contribution in [0.4, 0.5) is 0 Å². The summed E-state index contributed by atoms with van der Waals surface area (Å²) in [5.74, 6) is 0.408. The van der Waals surface area contributed by atoms with E-state index in [0.29, 0.717) is 18.2 Å². The van der Waals surface area contributed by atoms with Gasteiger partial charge in [0.15, 0.2) is 0 Å². The molecule has 0 unspecified atom stereocenters. The molecule has 0 aliphatic rings. The first-order valence-electron chi connectivity index (χ1n) is 4.37. The third-order valence-corrected chi connectivity index (χ3v) is 1.72. The van der Waals surface area contributed by atoms with Crippen LogP contribution < -0.4 is 5.32 Å². The van der Waals surface area contributed by atoms with Gasteiger partial charge in [-0.3, -0.25) is 9.48 Å². The molecule has 0 saturated heterocycles. The van der Waals surface area contributed by atoms with E-state index in [1.807, 2.05) is 0 Å². The summed E-state index contributed by atoms with van der Waals surface area (Å²) >= 11 is 0. The van der Waals surface area contributed by atoms with Gasteiger partial charge in [0, 0.05) is 19.8 Å². The molecular weight excluding hydrogens is 166 g/mol. The highest BCUT2D eigenvalue weighted by Gasteiger charge is 2.08. The molecule has 0 fully saturated rings. The summed E-state index contributed by atoms with van der Waals surface area (Å²) in [5.41, 5.74) is 0.598. The molecule has 1 N–H and O–H groups in total. The number of nitrogens with one attached hydrogen (secondary N) is 1. The summed E-state index contributed by atoms with van der Waals surface area (Å²) < 4.78 is 1.57. The van der Waals surface area contributed by atoms with Crippen molar-refractivity contribution in [2.75, 3.05) is 6.54 Å². The van der Waals surface area contributed by atoms with Crippen LogP contribution in [0.5, 0.6) is 0 Å². The van der Waals surface area contributed by atoms with E-state index in [1.165, 1.54) is 0 Å². The Morgan fingerprint density at radius 3 is 2.85 bits per heavy atom. The third kappa shape index (κ3) is 2.57. The predicted octanol–water partition coefficient (Wildman–Crippen LogP) is 0.806. The van der Waals surface area contributed by atoms with Crippen LogP contribution in [-0.2, 0) is 7.05 Å². The summed E-state index contributed by atoms with van der Waals surface area (Å²) in [6, 6.07) is 1.70. The third-order valence-electron chi connectivity index (χ3n) is 1.72. The number of hydrogen-bond donors (Lipinski definition) is 1. The highest BCUT2D eigenvalue weighted by atomic mass is 16.2. The molecule has 1 aromatic heterocycles. The number of carbonyl (C=O) groups excluding carboxylic acids is 1. The Morgan fingerprint density at radius 1 is 1.69 bits per heavy atom. The molecule has 0 radical (unpaired) electrons. The van der Waals surface area contributed by atoms with E-state index in [1.54, 1.807) is 24.0 Å². The monoisotopic (exact) mass is 181 g/mol. The molecule has 1 heterocycles. The Kier molecular flexibility index (Phi) is 3.06. The van der Waals surface area contributed by atoms with Crippen molar-refractivity contribution in [3.05, 3.63) is 18.0 Å². The molecule has 1 aromatic rings. The molecule has 0 atom stereocenters. The first kappa shape index (κ1) is 9.77. The number of rotatable bonds is 3. The smallest absolute Gasteiger partial charge is 0.269 e. The minimum atomic E-state index is -0.0614. The lowest BCUT2D eigenvalue weighted by Crippen LogP contribution is -2.28. The maximum absolute atomic E-state index is 11.5. The Balaban J connectivity index is 2.54. The highest BCUT2D eigenvalue weighted by molar-refractivity contribution is 5.92. The molecule has 0 bridgehead atoms. The topological polar surface area (TPSA) is 46.9 Å². The van der Waals surface area contributed by atoms with Crippen molar-refractivity contribution in [2.24, 2.45) is 13.0 Å². The number of aromatic nitrogens is 2. The highest BCUT2D eigenvalue weighted by Crippen LogP contribution is 1.96. The van der Waals surface area contributed by atoms with Gasteiger partial charge < -0.3 is 5.32 Å². The van der Waals surface area contributed by atoms with Crippen molar-refractivity contribution in [1.82, 2.24) is 15.1 Å². The van der Waals surface area contributed by atoms with Crippen molar-refractivity contribution in [3.8, 4) is 0 Å². The van der Waals surface area contributed by atoms with Crippen LogP contribution in [0.15, 0.2) is 12.3 Å². The van der Waals surface area contributed by atoms with Crippen LogP contribution in [0.2, 0.25) is 0 Å². The summed E-state index contributed by atoms with van der Waals surface area (Å²) in [5, 5.41) is 6.75. The van der Waals surface area contributed by atoms with E-state index in [-0.39, 0.29) is 5.91 Å². The lowest BCUT2D eigenvalue weighted by molar-refractivity contribution is 0.0939. The minimum absolute atomic E-state index is 0.0614. The van der Waals surface area contributed by atoms with E-state index in [0.717, 1.165) is 0 Å². The average molecular weight is 181 g/mol. The van der Waals surface area contributed by atoms with Gasteiger partial charge >= 0.3 is 0 Å². The zero-order valence-electron chi connectivity index (χ0n) is 8.24. The number of amides is 1. The van der Waals surface area contributed by atoms with Gasteiger partial charge in [0.25, 0.3) is 5.91 Å². The molecule has 1 amide bonds. The molecule has 0 aliphatic heterocycles. The van der Waals surface area contributed by atoms with Gasteiger partial charge in [-0.15, -0.1) is 0 Å². The summed E-state index contributed by atoms with van der Waals surface area (Å²) in [6.45, 7) is 4.82. The first-order chi connectivity index (χ1) is 6.11. The fourth-order valence-corrected chi connectivity index (χ4v) is 0.984. The van der Waals surface area contributed by atoms with E-state index >= 15 is 0 Å². The Labute approximate surface area is 77.9 Å². The lowest BCUT2D eigenvalue weighted by Gasteiger charge is -2.07. The van der Waals surface area contributed by atoms with Crippen LogP contribution >= 0.6 is 0 Å². The van der Waals surface area contributed by atoms with E-state index < -0.39 is 0 Å². The van der Waals surface area contributed by atoms with Crippen molar-refractivity contribution >= 4 is 5.91 Å². The zero-order chi connectivity index (χ0) is 9.84. The normalized spacial score (nSPS) is 10.5. The summed E-state index contributed by atoms with van der Waals surface area (Å²) in [6.07, 6.45) is 1.62. The van der Waals surface area contributed by atoms with E-state index in [2.05, 4.69) is 24.3 Å². The summed E-state index contributed by atoms with van der Waals surface area (Å²) in [7, 11) is 1.75. The van der Waals surface area contributed by atoms with Gasteiger partial charge in [0.05, 0.1) is 0 Å². The molecule has 72 valence electrons. The Morgan fingerprint density at radius 2 is 2.38 bits per heavy atom. The van der Waals surface area contributed by atoms with E-state index in [4.69, 9.17) is 0 Å². The largest absolute Gasteiger partial charge is 0.350 e. The number of carbonyl (C=O) groups is 1. The quantitative estimate of drug-likeness (QED) is 0.750. The van der Waals surface area contributed by atoms with Gasteiger partial charge in [-0.05, 0) is 12.0 Å². The molecule has 4 nitrogen and oxygen atoms in total. The molecule has 0 aliphatic carbocycles. The fourth-order valence-electron chi connectivity index (χ4n) is 0.984. The number of nitrogens with zero attached hydrogens (tertiary/aromatic N) is 2. The van der Waals surface area contributed by atoms with E-state index in [9.17, 15) is 4.79 Å². The van der Waals surface area contributed by atoms with Gasteiger partial charge in [0.1, 0.15) is 5.69 Å². The Hall–Kier alpha value is -1.32. The van der Waals surface area contributed by atoms with Crippen LogP contribution in [-0.4, -0.2) is 22.2 Å². The first-order valence-corrected chi connectivity index (χ1v) is 4.37. The standard InChI is InChI=1S/C9H15N3O/c1-7(2)6-10-9(13)8-4-5-11-12(8)3/h4-5,7H,6H2,1-3H3,(H,10,13). The maximum atomic E-state index is 11.5. The Bertz CT molecular complexity index is 291. The van der Waals surface area contributed by atoms with Crippen LogP contribution in [0, 0.1) is 5.92 Å². The molecule has 0 saturated carbocycles. The lowest BCUT2D eigenvalue weighted by atomic mass is 10.2. The van der Waals surface area contributed by atoms with Crippen LogP contribution in [0.1, 0.15) is 24.3 Å². The van der Waals surface area contributed by atoms with Gasteiger partial charge in [0.2, 0.25) is 0 Å². The molecule has 0 aromatic carbocycles. The van der Waals surface area contributed by atoms with Crippen LogP contribution in [0.3, 0.4) is 0 Å². The zero-order valence-corrected chi connectivity index (χ0v) is 8.24. The molecule has 1 rings (SSSR count). The van der Waals surface area contributed by atoms with Crippen molar-refractivity contribution in [1.29, 1.82) is 0 Å². The molecule has 13 heavy (non-hydrogen) atoms. The SMILES string of the molecule is CC(C)CNC(=O)c1ccnn1C. The van der Waals surface area contributed by atoms with Crippen molar-refractivity contribution < 1.29 is 4.79 Å². The molecule has 4 heteroatoms. The van der Waals surface area contributed by atoms with Gasteiger partial charge in [-0.25, -0.2) is 0 Å². The number of aryl methyl sites for hydroxylation is 1. The summed E-state index contributed by atoms with van der Waals surface area (Å²) in [4.78, 5) is 11.5. The second kappa shape index (κ2) is 4.07. The fraction of sp³-hybridized carbons (Fsp3) is 0.556. The average Bonchev–Trinajstić information content (AvgIpc) is 2.47. The second-order valence-electron chi connectivity index (χ2n) is 3.44. The van der Waals surface area contributed by atoms with Gasteiger partial charge in [-0.1, -0.05) is 13.8 Å². The number of hydrogen-bond acceptors (Lipinski definition) is 2. The predicted molar refractivity (Wildman–Crippen MR) is 50.4 cm³/mol. The van der Waals surface area contributed by atoms with Crippen molar-refractivity contribution in [3.63, 3.8) is 0 Å². The molecular formula is C9H15N3O. The minimum Gasteiger partial charge on any atom is -0.350 e. The van der Waals surface area contributed by atoms with Crippen LogP contribution in [0.25, 0.3) is 0 Å². The molecule has 0 spiro atoms. The maximum Gasteiger partial charge on any atom is 0.269 e.